The quantitative estimate of drug-likeness (QED) is 0.877. The molecule has 0 radical (unpaired) electrons. The van der Waals surface area contributed by atoms with Gasteiger partial charge < -0.3 is 29.2 Å². The summed E-state index contributed by atoms with van der Waals surface area (Å²) in [5.41, 5.74) is 1.01. The molecule has 1 saturated heterocycles. The number of ether oxygens (including phenoxy) is 4. The van der Waals surface area contributed by atoms with E-state index in [4.69, 9.17) is 18.9 Å². The largest absolute Gasteiger partial charge is 0.508 e. The average Bonchev–Trinajstić information content (AvgIpc) is 2.85. The summed E-state index contributed by atoms with van der Waals surface area (Å²) in [6.07, 6.45) is 0.157. The Bertz CT molecular complexity index is 846. The minimum absolute atomic E-state index is 0.0816. The summed E-state index contributed by atoms with van der Waals surface area (Å²) in [7, 11) is 1.52. The van der Waals surface area contributed by atoms with Gasteiger partial charge in [-0.15, -0.1) is 0 Å². The van der Waals surface area contributed by atoms with Crippen LogP contribution >= 0.6 is 0 Å². The molecule has 2 aromatic rings. The van der Waals surface area contributed by atoms with E-state index < -0.39 is 11.4 Å². The maximum absolute atomic E-state index is 10.1. The highest BCUT2D eigenvalue weighted by atomic mass is 16.8. The molecule has 138 valence electrons. The molecule has 26 heavy (non-hydrogen) atoms. The zero-order valence-corrected chi connectivity index (χ0v) is 15.0. The monoisotopic (exact) mass is 358 g/mol. The molecule has 2 aliphatic heterocycles. The standard InChI is InChI=1S/C20H22O6/c1-19(2)25-18-14-6-5-13(21)9-17(14)24-11-20(18,26-19)10-12-4-7-16(23-3)15(22)8-12/h4-9,18,21-22H,10-11H2,1-3H3/t18-,20+/m0/s1. The van der Waals surface area contributed by atoms with Gasteiger partial charge in [0, 0.05) is 18.1 Å². The first-order valence-electron chi connectivity index (χ1n) is 8.51. The van der Waals surface area contributed by atoms with E-state index in [1.165, 1.54) is 7.11 Å². The molecule has 0 amide bonds. The van der Waals surface area contributed by atoms with Gasteiger partial charge in [-0.2, -0.15) is 0 Å². The number of hydrogen-bond acceptors (Lipinski definition) is 6. The normalized spacial score (nSPS) is 25.9. The summed E-state index contributed by atoms with van der Waals surface area (Å²) >= 11 is 0. The van der Waals surface area contributed by atoms with Crippen LogP contribution in [0.2, 0.25) is 0 Å². The number of rotatable bonds is 3. The van der Waals surface area contributed by atoms with Gasteiger partial charge >= 0.3 is 0 Å². The lowest BCUT2D eigenvalue weighted by molar-refractivity contribution is -0.167. The Morgan fingerprint density at radius 3 is 2.69 bits per heavy atom. The number of benzene rings is 2. The topological polar surface area (TPSA) is 77.4 Å². The summed E-state index contributed by atoms with van der Waals surface area (Å²) in [5, 5.41) is 19.8. The first kappa shape index (κ1) is 17.0. The van der Waals surface area contributed by atoms with Crippen LogP contribution in [-0.4, -0.2) is 35.3 Å². The second-order valence-corrected chi connectivity index (χ2v) is 7.26. The number of phenols is 2. The Labute approximate surface area is 151 Å². The van der Waals surface area contributed by atoms with Crippen molar-refractivity contribution in [2.24, 2.45) is 0 Å². The Morgan fingerprint density at radius 1 is 1.15 bits per heavy atom. The molecule has 2 N–H and O–H groups in total. The van der Waals surface area contributed by atoms with E-state index in [-0.39, 0.29) is 24.2 Å². The summed E-state index contributed by atoms with van der Waals surface area (Å²) in [5.74, 6) is 0.479. The molecule has 2 aliphatic rings. The Morgan fingerprint density at radius 2 is 1.96 bits per heavy atom. The fourth-order valence-electron chi connectivity index (χ4n) is 3.85. The van der Waals surface area contributed by atoms with Crippen molar-refractivity contribution in [1.82, 2.24) is 0 Å². The van der Waals surface area contributed by atoms with Gasteiger partial charge in [0.05, 0.1) is 7.11 Å². The van der Waals surface area contributed by atoms with E-state index in [0.29, 0.717) is 17.9 Å². The second-order valence-electron chi connectivity index (χ2n) is 7.26. The summed E-state index contributed by atoms with van der Waals surface area (Å²) < 4.78 is 23.5. The van der Waals surface area contributed by atoms with Crippen LogP contribution in [0.15, 0.2) is 36.4 Å². The van der Waals surface area contributed by atoms with E-state index in [0.717, 1.165) is 11.1 Å². The van der Waals surface area contributed by atoms with Crippen molar-refractivity contribution in [3.8, 4) is 23.0 Å². The van der Waals surface area contributed by atoms with Crippen molar-refractivity contribution in [1.29, 1.82) is 0 Å². The molecule has 6 nitrogen and oxygen atoms in total. The van der Waals surface area contributed by atoms with Gasteiger partial charge in [0.15, 0.2) is 17.3 Å². The van der Waals surface area contributed by atoms with E-state index >= 15 is 0 Å². The number of fused-ring (bicyclic) bond motifs is 3. The van der Waals surface area contributed by atoms with Crippen molar-refractivity contribution in [2.45, 2.75) is 37.8 Å². The van der Waals surface area contributed by atoms with Gasteiger partial charge in [-0.1, -0.05) is 6.07 Å². The van der Waals surface area contributed by atoms with Gasteiger partial charge in [-0.05, 0) is 43.7 Å². The average molecular weight is 358 g/mol. The van der Waals surface area contributed by atoms with Crippen LogP contribution in [0.25, 0.3) is 0 Å². The molecule has 2 aromatic carbocycles. The van der Waals surface area contributed by atoms with Crippen LogP contribution < -0.4 is 9.47 Å². The maximum atomic E-state index is 10.1. The van der Waals surface area contributed by atoms with E-state index in [2.05, 4.69) is 0 Å². The van der Waals surface area contributed by atoms with Crippen LogP contribution in [-0.2, 0) is 15.9 Å². The predicted octanol–water partition coefficient (Wildman–Crippen LogP) is 3.30. The third-order valence-corrected chi connectivity index (χ3v) is 4.83. The molecule has 6 heteroatoms. The van der Waals surface area contributed by atoms with Crippen molar-refractivity contribution >= 4 is 0 Å². The molecule has 0 spiro atoms. The molecule has 0 aromatic heterocycles. The zero-order valence-electron chi connectivity index (χ0n) is 15.0. The smallest absolute Gasteiger partial charge is 0.164 e. The molecule has 1 fully saturated rings. The molecule has 0 unspecified atom stereocenters. The molecular formula is C20H22O6. The Kier molecular flexibility index (Phi) is 3.78. The van der Waals surface area contributed by atoms with Gasteiger partial charge in [0.2, 0.25) is 0 Å². The van der Waals surface area contributed by atoms with Crippen LogP contribution in [0.1, 0.15) is 31.1 Å². The summed E-state index contributed by atoms with van der Waals surface area (Å²) in [4.78, 5) is 0. The zero-order chi connectivity index (χ0) is 18.5. The molecule has 0 aliphatic carbocycles. The molecule has 0 saturated carbocycles. The van der Waals surface area contributed by atoms with E-state index in [1.54, 1.807) is 30.3 Å². The third kappa shape index (κ3) is 2.75. The Hall–Kier alpha value is -2.44. The SMILES string of the molecule is COc1ccc(C[C@@]23COc4cc(O)ccc4[C@@H]2OC(C)(C)O3)cc1O. The first-order chi connectivity index (χ1) is 12.3. The molecule has 0 bridgehead atoms. The fraction of sp³-hybridized carbons (Fsp3) is 0.400. The first-order valence-corrected chi connectivity index (χ1v) is 8.51. The van der Waals surface area contributed by atoms with Crippen LogP contribution in [0, 0.1) is 0 Å². The van der Waals surface area contributed by atoms with Crippen LogP contribution in [0.5, 0.6) is 23.0 Å². The Balaban J connectivity index is 1.73. The number of aromatic hydroxyl groups is 2. The third-order valence-electron chi connectivity index (χ3n) is 4.83. The van der Waals surface area contributed by atoms with Crippen LogP contribution in [0.3, 0.4) is 0 Å². The summed E-state index contributed by atoms with van der Waals surface area (Å²) in [6, 6.07) is 10.3. The molecule has 4 rings (SSSR count). The molecule has 2 atom stereocenters. The lowest BCUT2D eigenvalue weighted by atomic mass is 9.84. The lowest BCUT2D eigenvalue weighted by Gasteiger charge is -2.37. The van der Waals surface area contributed by atoms with Gasteiger partial charge in [-0.25, -0.2) is 0 Å². The van der Waals surface area contributed by atoms with Gasteiger partial charge in [-0.3, -0.25) is 0 Å². The van der Waals surface area contributed by atoms with E-state index in [1.807, 2.05) is 19.9 Å². The predicted molar refractivity (Wildman–Crippen MR) is 93.7 cm³/mol. The number of phenolic OH excluding ortho intramolecular Hbond substituents is 2. The fourth-order valence-corrected chi connectivity index (χ4v) is 3.85. The lowest BCUT2D eigenvalue weighted by Crippen LogP contribution is -2.46. The van der Waals surface area contributed by atoms with Crippen molar-refractivity contribution < 1.29 is 29.2 Å². The highest BCUT2D eigenvalue weighted by Crippen LogP contribution is 2.53. The maximum Gasteiger partial charge on any atom is 0.164 e. The van der Waals surface area contributed by atoms with Crippen LogP contribution in [0.4, 0.5) is 0 Å². The minimum Gasteiger partial charge on any atom is -0.508 e. The minimum atomic E-state index is -0.776. The van der Waals surface area contributed by atoms with Gasteiger partial charge in [0.25, 0.3) is 0 Å². The van der Waals surface area contributed by atoms with E-state index in [9.17, 15) is 10.2 Å². The highest BCUT2D eigenvalue weighted by Gasteiger charge is 2.57. The van der Waals surface area contributed by atoms with Crippen molar-refractivity contribution in [3.63, 3.8) is 0 Å². The molecular weight excluding hydrogens is 336 g/mol. The second kappa shape index (κ2) is 5.79. The van der Waals surface area contributed by atoms with Gasteiger partial charge in [0.1, 0.15) is 29.8 Å². The van der Waals surface area contributed by atoms with Crippen molar-refractivity contribution in [2.75, 3.05) is 13.7 Å². The summed E-state index contributed by atoms with van der Waals surface area (Å²) in [6.45, 7) is 4.03. The highest BCUT2D eigenvalue weighted by molar-refractivity contribution is 5.46. The number of methoxy groups -OCH3 is 1. The van der Waals surface area contributed by atoms with Crippen molar-refractivity contribution in [3.05, 3.63) is 47.5 Å². The molecule has 2 heterocycles. The number of hydrogen-bond donors (Lipinski definition) is 2.